The summed E-state index contributed by atoms with van der Waals surface area (Å²) >= 11 is 0. The van der Waals surface area contributed by atoms with Crippen molar-refractivity contribution >= 4 is 11.6 Å². The average molecular weight is 300 g/mol. The minimum absolute atomic E-state index is 0.123. The number of hydrogen-bond donors (Lipinski definition) is 1. The van der Waals surface area contributed by atoms with E-state index in [-0.39, 0.29) is 6.04 Å². The molecule has 2 aromatic carbocycles. The number of nitrogens with one attached hydrogen (secondary N) is 1. The van der Waals surface area contributed by atoms with Gasteiger partial charge in [0.15, 0.2) is 0 Å². The first-order valence-corrected chi connectivity index (χ1v) is 7.94. The molecule has 0 saturated carbocycles. The highest BCUT2D eigenvalue weighted by Gasteiger charge is 2.33. The molecule has 23 heavy (non-hydrogen) atoms. The van der Waals surface area contributed by atoms with E-state index in [1.54, 1.807) is 6.33 Å². The Bertz CT molecular complexity index is 908. The van der Waals surface area contributed by atoms with E-state index < -0.39 is 0 Å². The average Bonchev–Trinajstić information content (AvgIpc) is 3.08. The van der Waals surface area contributed by atoms with Gasteiger partial charge < -0.3 is 5.32 Å². The molecule has 5 rings (SSSR count). The predicted molar refractivity (Wildman–Crippen MR) is 89.9 cm³/mol. The van der Waals surface area contributed by atoms with Crippen LogP contribution in [-0.4, -0.2) is 14.8 Å². The Labute approximate surface area is 134 Å². The van der Waals surface area contributed by atoms with Crippen molar-refractivity contribution in [3.05, 3.63) is 83.2 Å². The van der Waals surface area contributed by atoms with Crippen LogP contribution >= 0.6 is 0 Å². The van der Waals surface area contributed by atoms with Crippen molar-refractivity contribution in [3.63, 3.8) is 0 Å². The summed E-state index contributed by atoms with van der Waals surface area (Å²) in [5.74, 6) is 0.814. The highest BCUT2D eigenvalue weighted by atomic mass is 15.4. The molecule has 0 bridgehead atoms. The van der Waals surface area contributed by atoms with Crippen molar-refractivity contribution in [2.75, 3.05) is 5.32 Å². The van der Waals surface area contributed by atoms with Gasteiger partial charge in [-0.25, -0.2) is 4.68 Å². The van der Waals surface area contributed by atoms with Crippen LogP contribution in [0.2, 0.25) is 0 Å². The van der Waals surface area contributed by atoms with Crippen molar-refractivity contribution in [2.45, 2.75) is 18.9 Å². The molecule has 1 N–H and O–H groups in total. The number of anilines is 1. The van der Waals surface area contributed by atoms with Gasteiger partial charge >= 0.3 is 0 Å². The van der Waals surface area contributed by atoms with Crippen LogP contribution in [0.4, 0.5) is 5.95 Å². The molecule has 2 aliphatic rings. The van der Waals surface area contributed by atoms with Crippen molar-refractivity contribution < 1.29 is 0 Å². The van der Waals surface area contributed by atoms with Gasteiger partial charge in [-0.05, 0) is 29.5 Å². The van der Waals surface area contributed by atoms with Gasteiger partial charge in [-0.3, -0.25) is 0 Å². The lowest BCUT2D eigenvalue weighted by Gasteiger charge is -2.34. The number of hydrogen-bond acceptors (Lipinski definition) is 3. The molecule has 1 unspecified atom stereocenters. The van der Waals surface area contributed by atoms with E-state index in [0.29, 0.717) is 0 Å². The van der Waals surface area contributed by atoms with Crippen molar-refractivity contribution in [1.29, 1.82) is 0 Å². The molecule has 1 atom stereocenters. The lowest BCUT2D eigenvalue weighted by Crippen LogP contribution is -2.27. The molecule has 0 radical (unpaired) electrons. The molecule has 4 heteroatoms. The zero-order valence-corrected chi connectivity index (χ0v) is 12.6. The monoisotopic (exact) mass is 300 g/mol. The van der Waals surface area contributed by atoms with E-state index in [1.165, 1.54) is 28.0 Å². The van der Waals surface area contributed by atoms with Gasteiger partial charge in [-0.1, -0.05) is 54.6 Å². The number of fused-ring (bicyclic) bond motifs is 3. The SMILES string of the molecule is c1ccc(C2C3=C(Nc4ncnn42)c2ccccc2CC3)cc1. The number of allylic oxidation sites excluding steroid dienone is 1. The quantitative estimate of drug-likeness (QED) is 0.746. The van der Waals surface area contributed by atoms with Gasteiger partial charge in [0.2, 0.25) is 5.95 Å². The molecule has 0 amide bonds. The van der Waals surface area contributed by atoms with Crippen molar-refractivity contribution in [1.82, 2.24) is 14.8 Å². The standard InChI is InChI=1S/C19H16N4/c1-2-7-14(8-3-1)18-16-11-10-13-6-4-5-9-15(13)17(16)22-19-20-12-21-23(18)19/h1-9,12,18H,10-11H2,(H,20,21,22). The van der Waals surface area contributed by atoms with Crippen molar-refractivity contribution in [2.24, 2.45) is 0 Å². The Hall–Kier alpha value is -2.88. The zero-order chi connectivity index (χ0) is 15.2. The van der Waals surface area contributed by atoms with Crippen LogP contribution in [-0.2, 0) is 6.42 Å². The summed E-state index contributed by atoms with van der Waals surface area (Å²) in [5, 5.41) is 7.97. The number of aryl methyl sites for hydroxylation is 1. The fourth-order valence-electron chi connectivity index (χ4n) is 3.74. The van der Waals surface area contributed by atoms with Crippen LogP contribution in [0.15, 0.2) is 66.5 Å². The second-order valence-corrected chi connectivity index (χ2v) is 6.02. The summed E-state index contributed by atoms with van der Waals surface area (Å²) in [6.45, 7) is 0. The van der Waals surface area contributed by atoms with Crippen LogP contribution < -0.4 is 5.32 Å². The summed E-state index contributed by atoms with van der Waals surface area (Å²) in [4.78, 5) is 4.40. The molecular formula is C19H16N4. The molecule has 1 aliphatic carbocycles. The number of aromatic nitrogens is 3. The topological polar surface area (TPSA) is 42.7 Å². The molecule has 1 aliphatic heterocycles. The Kier molecular flexibility index (Phi) is 2.65. The second kappa shape index (κ2) is 4.81. The van der Waals surface area contributed by atoms with Crippen molar-refractivity contribution in [3.8, 4) is 0 Å². The molecular weight excluding hydrogens is 284 g/mol. The normalized spacial score (nSPS) is 18.7. The van der Waals surface area contributed by atoms with Gasteiger partial charge in [0.25, 0.3) is 0 Å². The third-order valence-corrected chi connectivity index (χ3v) is 4.77. The zero-order valence-electron chi connectivity index (χ0n) is 12.6. The minimum Gasteiger partial charge on any atom is -0.324 e. The highest BCUT2D eigenvalue weighted by molar-refractivity contribution is 5.82. The summed E-state index contributed by atoms with van der Waals surface area (Å²) in [6, 6.07) is 19.3. The van der Waals surface area contributed by atoms with Gasteiger partial charge in [-0.15, -0.1) is 0 Å². The maximum Gasteiger partial charge on any atom is 0.226 e. The first kappa shape index (κ1) is 12.6. The fraction of sp³-hybridized carbons (Fsp3) is 0.158. The lowest BCUT2D eigenvalue weighted by molar-refractivity contribution is 0.562. The van der Waals surface area contributed by atoms with E-state index in [1.807, 2.05) is 4.68 Å². The lowest BCUT2D eigenvalue weighted by atomic mass is 9.83. The Morgan fingerprint density at radius 2 is 1.78 bits per heavy atom. The predicted octanol–water partition coefficient (Wildman–Crippen LogP) is 3.65. The van der Waals surface area contributed by atoms with E-state index >= 15 is 0 Å². The van der Waals surface area contributed by atoms with E-state index in [2.05, 4.69) is 70.0 Å². The van der Waals surface area contributed by atoms with E-state index in [9.17, 15) is 0 Å². The van der Waals surface area contributed by atoms with Crippen LogP contribution in [0, 0.1) is 0 Å². The molecule has 1 aromatic heterocycles. The first-order valence-electron chi connectivity index (χ1n) is 7.94. The Morgan fingerprint density at radius 3 is 2.70 bits per heavy atom. The minimum atomic E-state index is 0.123. The largest absolute Gasteiger partial charge is 0.324 e. The number of rotatable bonds is 1. The van der Waals surface area contributed by atoms with Gasteiger partial charge in [0.05, 0.1) is 5.70 Å². The summed E-state index contributed by atoms with van der Waals surface area (Å²) in [7, 11) is 0. The second-order valence-electron chi connectivity index (χ2n) is 6.02. The molecule has 3 aromatic rings. The molecule has 4 nitrogen and oxygen atoms in total. The highest BCUT2D eigenvalue weighted by Crippen LogP contribution is 2.43. The van der Waals surface area contributed by atoms with Gasteiger partial charge in [0, 0.05) is 5.56 Å². The van der Waals surface area contributed by atoms with E-state index in [4.69, 9.17) is 0 Å². The van der Waals surface area contributed by atoms with Gasteiger partial charge in [-0.2, -0.15) is 10.1 Å². The number of nitrogens with zero attached hydrogens (tertiary/aromatic N) is 3. The Balaban J connectivity index is 1.75. The maximum atomic E-state index is 4.47. The molecule has 0 spiro atoms. The third kappa shape index (κ3) is 1.84. The molecule has 0 fully saturated rings. The Morgan fingerprint density at radius 1 is 0.957 bits per heavy atom. The van der Waals surface area contributed by atoms with Crippen LogP contribution in [0.25, 0.3) is 5.70 Å². The van der Waals surface area contributed by atoms with Crippen LogP contribution in [0.5, 0.6) is 0 Å². The first-order chi connectivity index (χ1) is 11.4. The smallest absolute Gasteiger partial charge is 0.226 e. The van der Waals surface area contributed by atoms with E-state index in [0.717, 1.165) is 18.8 Å². The third-order valence-electron chi connectivity index (χ3n) is 4.77. The summed E-state index contributed by atoms with van der Waals surface area (Å²) in [6.07, 6.45) is 3.74. The molecule has 112 valence electrons. The maximum absolute atomic E-state index is 4.47. The van der Waals surface area contributed by atoms with Crippen LogP contribution in [0.1, 0.15) is 29.2 Å². The molecule has 0 saturated heterocycles. The fourth-order valence-corrected chi connectivity index (χ4v) is 3.74. The number of benzene rings is 2. The van der Waals surface area contributed by atoms with Crippen LogP contribution in [0.3, 0.4) is 0 Å². The van der Waals surface area contributed by atoms with Gasteiger partial charge in [0.1, 0.15) is 12.4 Å². The summed E-state index contributed by atoms with van der Waals surface area (Å²) in [5.41, 5.74) is 6.56. The molecule has 2 heterocycles. The summed E-state index contributed by atoms with van der Waals surface area (Å²) < 4.78 is 2.00.